The van der Waals surface area contributed by atoms with E-state index in [1.54, 1.807) is 0 Å². The second kappa shape index (κ2) is 8.97. The molecule has 0 aliphatic carbocycles. The fourth-order valence-electron chi connectivity index (χ4n) is 1.12. The third kappa shape index (κ3) is 6.05. The number of hydrogen-bond donors (Lipinski definition) is 2. The Kier molecular flexibility index (Phi) is 8.45. The van der Waals surface area contributed by atoms with E-state index in [1.807, 2.05) is 0 Å². The SMILES string of the molecule is Cl.NCCCNC(=O)COc1ccc(F)cc1Cl. The second-order valence-corrected chi connectivity index (χ2v) is 3.76. The Morgan fingerprint density at radius 1 is 1.50 bits per heavy atom. The minimum atomic E-state index is -0.449. The van der Waals surface area contributed by atoms with Gasteiger partial charge in [0.25, 0.3) is 5.91 Å². The molecule has 3 N–H and O–H groups in total. The standard InChI is InChI=1S/C11H14ClFN2O2.ClH/c12-9-6-8(13)2-3-10(9)17-7-11(16)15-5-1-4-14;/h2-3,6H,1,4-5,7,14H2,(H,15,16);1H. The molecule has 0 atom stereocenters. The lowest BCUT2D eigenvalue weighted by Gasteiger charge is -2.08. The molecule has 0 spiro atoms. The Labute approximate surface area is 116 Å². The van der Waals surface area contributed by atoms with Gasteiger partial charge in [-0.1, -0.05) is 11.6 Å². The van der Waals surface area contributed by atoms with Crippen molar-refractivity contribution in [3.05, 3.63) is 29.0 Å². The number of carbonyl (C=O) groups is 1. The lowest BCUT2D eigenvalue weighted by molar-refractivity contribution is -0.123. The van der Waals surface area contributed by atoms with Gasteiger partial charge in [0, 0.05) is 6.54 Å². The lowest BCUT2D eigenvalue weighted by atomic mass is 10.3. The normalized spacial score (nSPS) is 9.50. The van der Waals surface area contributed by atoms with E-state index in [-0.39, 0.29) is 35.7 Å². The van der Waals surface area contributed by atoms with Crippen molar-refractivity contribution in [3.8, 4) is 5.75 Å². The van der Waals surface area contributed by atoms with Gasteiger partial charge >= 0.3 is 0 Å². The number of hydrogen-bond acceptors (Lipinski definition) is 3. The second-order valence-electron chi connectivity index (χ2n) is 3.36. The van der Waals surface area contributed by atoms with Crippen molar-refractivity contribution in [2.45, 2.75) is 6.42 Å². The Bertz CT molecular complexity index is 391. The molecule has 0 heterocycles. The van der Waals surface area contributed by atoms with Crippen LogP contribution in [0, 0.1) is 5.82 Å². The van der Waals surface area contributed by atoms with Gasteiger partial charge in [0.05, 0.1) is 5.02 Å². The number of ether oxygens (including phenoxy) is 1. The number of nitrogens with two attached hydrogens (primary N) is 1. The summed E-state index contributed by atoms with van der Waals surface area (Å²) in [6, 6.07) is 3.72. The number of benzene rings is 1. The molecule has 0 aliphatic rings. The molecule has 0 saturated carbocycles. The average molecular weight is 297 g/mol. The maximum atomic E-state index is 12.7. The van der Waals surface area contributed by atoms with Crippen molar-refractivity contribution >= 4 is 29.9 Å². The lowest BCUT2D eigenvalue weighted by Crippen LogP contribution is -2.30. The predicted molar refractivity (Wildman–Crippen MR) is 70.8 cm³/mol. The van der Waals surface area contributed by atoms with Crippen LogP contribution in [-0.2, 0) is 4.79 Å². The molecule has 4 nitrogen and oxygen atoms in total. The molecule has 0 radical (unpaired) electrons. The van der Waals surface area contributed by atoms with Crippen molar-refractivity contribution in [2.75, 3.05) is 19.7 Å². The van der Waals surface area contributed by atoms with Crippen LogP contribution < -0.4 is 15.8 Å². The van der Waals surface area contributed by atoms with Crippen molar-refractivity contribution in [3.63, 3.8) is 0 Å². The molecule has 1 amide bonds. The summed E-state index contributed by atoms with van der Waals surface area (Å²) in [5.74, 6) is -0.435. The summed E-state index contributed by atoms with van der Waals surface area (Å²) in [5, 5.41) is 2.76. The Morgan fingerprint density at radius 3 is 2.83 bits per heavy atom. The molecule has 102 valence electrons. The summed E-state index contributed by atoms with van der Waals surface area (Å²) in [6.45, 7) is 0.872. The predicted octanol–water partition coefficient (Wildman–Crippen LogP) is 1.74. The van der Waals surface area contributed by atoms with E-state index in [1.165, 1.54) is 12.1 Å². The first kappa shape index (κ1) is 17.0. The van der Waals surface area contributed by atoms with Gasteiger partial charge < -0.3 is 15.8 Å². The van der Waals surface area contributed by atoms with Gasteiger partial charge in [-0.25, -0.2) is 4.39 Å². The highest BCUT2D eigenvalue weighted by molar-refractivity contribution is 6.32. The highest BCUT2D eigenvalue weighted by atomic mass is 35.5. The molecule has 0 aliphatic heterocycles. The van der Waals surface area contributed by atoms with E-state index in [9.17, 15) is 9.18 Å². The van der Waals surface area contributed by atoms with Crippen molar-refractivity contribution < 1.29 is 13.9 Å². The quantitative estimate of drug-likeness (QED) is 0.786. The zero-order chi connectivity index (χ0) is 12.7. The highest BCUT2D eigenvalue weighted by Crippen LogP contribution is 2.24. The smallest absolute Gasteiger partial charge is 0.257 e. The molecule has 0 aromatic heterocycles. The van der Waals surface area contributed by atoms with Gasteiger partial charge in [0.2, 0.25) is 0 Å². The van der Waals surface area contributed by atoms with E-state index in [2.05, 4.69) is 5.32 Å². The Balaban J connectivity index is 0.00000289. The summed E-state index contributed by atoms with van der Waals surface area (Å²) < 4.78 is 17.9. The van der Waals surface area contributed by atoms with Crippen molar-refractivity contribution in [1.82, 2.24) is 5.32 Å². The first-order chi connectivity index (χ1) is 8.13. The van der Waals surface area contributed by atoms with Gasteiger partial charge in [-0.05, 0) is 31.2 Å². The summed E-state index contributed by atoms with van der Waals surface area (Å²) in [7, 11) is 0. The Morgan fingerprint density at radius 2 is 2.22 bits per heavy atom. The summed E-state index contributed by atoms with van der Waals surface area (Å²) in [5.41, 5.74) is 5.28. The fraction of sp³-hybridized carbons (Fsp3) is 0.364. The largest absolute Gasteiger partial charge is 0.482 e. The average Bonchev–Trinajstić information content (AvgIpc) is 2.28. The van der Waals surface area contributed by atoms with Crippen LogP contribution in [0.3, 0.4) is 0 Å². The van der Waals surface area contributed by atoms with E-state index < -0.39 is 5.82 Å². The molecule has 1 aromatic carbocycles. The van der Waals surface area contributed by atoms with Crippen molar-refractivity contribution in [2.24, 2.45) is 5.73 Å². The maximum absolute atomic E-state index is 12.7. The number of carbonyl (C=O) groups excluding carboxylic acids is 1. The van der Waals surface area contributed by atoms with Crippen LogP contribution in [0.25, 0.3) is 0 Å². The van der Waals surface area contributed by atoms with Crippen LogP contribution >= 0.6 is 24.0 Å². The van der Waals surface area contributed by atoms with Gasteiger partial charge in [-0.3, -0.25) is 4.79 Å². The van der Waals surface area contributed by atoms with E-state index in [0.29, 0.717) is 19.5 Å². The van der Waals surface area contributed by atoms with E-state index >= 15 is 0 Å². The molecule has 18 heavy (non-hydrogen) atoms. The zero-order valence-corrected chi connectivity index (χ0v) is 11.2. The van der Waals surface area contributed by atoms with Gasteiger partial charge in [-0.2, -0.15) is 0 Å². The maximum Gasteiger partial charge on any atom is 0.257 e. The fourth-order valence-corrected chi connectivity index (χ4v) is 1.34. The van der Waals surface area contributed by atoms with E-state index in [4.69, 9.17) is 22.1 Å². The molecule has 0 bridgehead atoms. The molecule has 1 rings (SSSR count). The third-order valence-corrected chi connectivity index (χ3v) is 2.25. The number of nitrogens with one attached hydrogen (secondary N) is 1. The molecular formula is C11H15Cl2FN2O2. The zero-order valence-electron chi connectivity index (χ0n) is 9.62. The monoisotopic (exact) mass is 296 g/mol. The molecule has 0 fully saturated rings. The first-order valence-electron chi connectivity index (χ1n) is 5.18. The van der Waals surface area contributed by atoms with Gasteiger partial charge in [-0.15, -0.1) is 12.4 Å². The minimum absolute atomic E-state index is 0. The first-order valence-corrected chi connectivity index (χ1v) is 5.56. The summed E-state index contributed by atoms with van der Waals surface area (Å²) in [4.78, 5) is 11.3. The van der Waals surface area contributed by atoms with Crippen LogP contribution in [0.1, 0.15) is 6.42 Å². The number of halogens is 3. The minimum Gasteiger partial charge on any atom is -0.482 e. The topological polar surface area (TPSA) is 64.3 Å². The van der Waals surface area contributed by atoms with Gasteiger partial charge in [0.15, 0.2) is 6.61 Å². The highest BCUT2D eigenvalue weighted by Gasteiger charge is 2.06. The molecule has 7 heteroatoms. The van der Waals surface area contributed by atoms with Crippen molar-refractivity contribution in [1.29, 1.82) is 0 Å². The van der Waals surface area contributed by atoms with Crippen LogP contribution in [0.5, 0.6) is 5.75 Å². The summed E-state index contributed by atoms with van der Waals surface area (Å²) in [6.07, 6.45) is 0.711. The molecular weight excluding hydrogens is 282 g/mol. The van der Waals surface area contributed by atoms with Crippen LogP contribution in [0.15, 0.2) is 18.2 Å². The Hall–Kier alpha value is -1.04. The van der Waals surface area contributed by atoms with E-state index in [0.717, 1.165) is 6.07 Å². The molecule has 1 aromatic rings. The van der Waals surface area contributed by atoms with Crippen LogP contribution in [-0.4, -0.2) is 25.6 Å². The molecule has 0 unspecified atom stereocenters. The van der Waals surface area contributed by atoms with Gasteiger partial charge in [0.1, 0.15) is 11.6 Å². The molecule has 0 saturated heterocycles. The summed E-state index contributed by atoms with van der Waals surface area (Å²) >= 11 is 5.73. The van der Waals surface area contributed by atoms with Crippen LogP contribution in [0.2, 0.25) is 5.02 Å². The van der Waals surface area contributed by atoms with Crippen LogP contribution in [0.4, 0.5) is 4.39 Å². The number of rotatable bonds is 6. The third-order valence-electron chi connectivity index (χ3n) is 1.96. The number of amides is 1.